The SMILES string of the molecule is CCCN(CCC)c1c([N+](=O)[O-])cc([S+](N)[O-])cc1[N+](=O)[O-]. The number of rotatable bonds is 8. The molecule has 0 radical (unpaired) electrons. The van der Waals surface area contributed by atoms with Gasteiger partial charge in [0.05, 0.1) is 33.3 Å². The van der Waals surface area contributed by atoms with Gasteiger partial charge in [0.25, 0.3) is 0 Å². The molecule has 0 heterocycles. The first-order valence-corrected chi connectivity index (χ1v) is 7.92. The predicted molar refractivity (Wildman–Crippen MR) is 83.1 cm³/mol. The van der Waals surface area contributed by atoms with Crippen molar-refractivity contribution in [3.8, 4) is 0 Å². The molecular weight excluding hydrogens is 312 g/mol. The van der Waals surface area contributed by atoms with Crippen molar-refractivity contribution in [2.75, 3.05) is 18.0 Å². The number of hydrogen-bond donors (Lipinski definition) is 1. The van der Waals surface area contributed by atoms with Crippen LogP contribution < -0.4 is 10.0 Å². The fourth-order valence-corrected chi connectivity index (χ4v) is 2.63. The zero-order valence-electron chi connectivity index (χ0n) is 12.4. The lowest BCUT2D eigenvalue weighted by Crippen LogP contribution is -2.27. The first-order valence-electron chi connectivity index (χ1n) is 6.71. The number of benzene rings is 1. The highest BCUT2D eigenvalue weighted by atomic mass is 32.2. The summed E-state index contributed by atoms with van der Waals surface area (Å²) in [5.74, 6) is 0. The molecule has 0 bridgehead atoms. The van der Waals surface area contributed by atoms with Crippen LogP contribution in [0.2, 0.25) is 0 Å². The van der Waals surface area contributed by atoms with E-state index in [2.05, 4.69) is 0 Å². The smallest absolute Gasteiger partial charge is 0.304 e. The maximum Gasteiger partial charge on any atom is 0.304 e. The standard InChI is InChI=1S/C12H18N4O5S/c1-3-5-14(6-4-2)12-10(15(17)18)7-9(22(13)21)8-11(12)16(19)20/h7-8H,3-6,13H2,1-2H3. The second-order valence-corrected chi connectivity index (χ2v) is 5.68. The van der Waals surface area contributed by atoms with E-state index in [9.17, 15) is 24.8 Å². The summed E-state index contributed by atoms with van der Waals surface area (Å²) in [6.07, 6.45) is 1.36. The van der Waals surface area contributed by atoms with Gasteiger partial charge in [0.1, 0.15) is 0 Å². The van der Waals surface area contributed by atoms with Crippen molar-refractivity contribution >= 4 is 28.4 Å². The monoisotopic (exact) mass is 330 g/mol. The van der Waals surface area contributed by atoms with Crippen molar-refractivity contribution in [2.24, 2.45) is 5.14 Å². The van der Waals surface area contributed by atoms with E-state index in [1.165, 1.54) is 0 Å². The van der Waals surface area contributed by atoms with Gasteiger partial charge in [-0.25, -0.2) is 0 Å². The molecule has 0 aliphatic heterocycles. The normalized spacial score (nSPS) is 12.0. The van der Waals surface area contributed by atoms with Crippen molar-refractivity contribution in [1.82, 2.24) is 0 Å². The number of nitro groups is 2. The third kappa shape index (κ3) is 4.06. The van der Waals surface area contributed by atoms with E-state index in [1.54, 1.807) is 4.90 Å². The molecule has 0 saturated heterocycles. The molecule has 1 aromatic rings. The molecule has 0 aliphatic carbocycles. The van der Waals surface area contributed by atoms with Crippen LogP contribution in [0, 0.1) is 20.2 Å². The first-order chi connectivity index (χ1) is 10.3. The quantitative estimate of drug-likeness (QED) is 0.437. The molecule has 1 atom stereocenters. The molecule has 9 nitrogen and oxygen atoms in total. The summed E-state index contributed by atoms with van der Waals surface area (Å²) in [5.41, 5.74) is -0.970. The van der Waals surface area contributed by atoms with Gasteiger partial charge in [0.2, 0.25) is 0 Å². The molecule has 2 N–H and O–H groups in total. The van der Waals surface area contributed by atoms with Gasteiger partial charge in [-0.2, -0.15) is 0 Å². The maximum absolute atomic E-state index is 11.4. The van der Waals surface area contributed by atoms with Crippen LogP contribution in [0.25, 0.3) is 0 Å². The van der Waals surface area contributed by atoms with Gasteiger partial charge in [-0.3, -0.25) is 20.2 Å². The molecule has 1 unspecified atom stereocenters. The highest BCUT2D eigenvalue weighted by molar-refractivity contribution is 7.89. The summed E-state index contributed by atoms with van der Waals surface area (Å²) in [7, 11) is 0. The average Bonchev–Trinajstić information content (AvgIpc) is 2.45. The van der Waals surface area contributed by atoms with E-state index in [0.29, 0.717) is 25.9 Å². The van der Waals surface area contributed by atoms with Crippen LogP contribution in [0.4, 0.5) is 17.1 Å². The van der Waals surface area contributed by atoms with Crippen LogP contribution in [0.3, 0.4) is 0 Å². The largest absolute Gasteiger partial charge is 0.593 e. The van der Waals surface area contributed by atoms with Crippen LogP contribution >= 0.6 is 0 Å². The van der Waals surface area contributed by atoms with Gasteiger partial charge in [0, 0.05) is 13.1 Å². The Morgan fingerprint density at radius 3 is 1.77 bits per heavy atom. The summed E-state index contributed by atoms with van der Waals surface area (Å²) in [6, 6.07) is 2.08. The highest BCUT2D eigenvalue weighted by Gasteiger charge is 2.33. The average molecular weight is 330 g/mol. The zero-order chi connectivity index (χ0) is 16.9. The van der Waals surface area contributed by atoms with Crippen LogP contribution in [0.5, 0.6) is 0 Å². The minimum Gasteiger partial charge on any atom is -0.593 e. The molecule has 22 heavy (non-hydrogen) atoms. The number of nitrogens with zero attached hydrogens (tertiary/aromatic N) is 3. The van der Waals surface area contributed by atoms with E-state index in [4.69, 9.17) is 5.14 Å². The lowest BCUT2D eigenvalue weighted by molar-refractivity contribution is -0.393. The second kappa shape index (κ2) is 7.92. The van der Waals surface area contributed by atoms with E-state index in [0.717, 1.165) is 12.1 Å². The molecule has 1 aromatic carbocycles. The molecule has 0 aliphatic rings. The summed E-state index contributed by atoms with van der Waals surface area (Å²) in [4.78, 5) is 22.6. The van der Waals surface area contributed by atoms with E-state index in [-0.39, 0.29) is 10.6 Å². The van der Waals surface area contributed by atoms with Crippen LogP contribution in [-0.4, -0.2) is 27.5 Å². The van der Waals surface area contributed by atoms with E-state index in [1.807, 2.05) is 13.8 Å². The summed E-state index contributed by atoms with van der Waals surface area (Å²) < 4.78 is 11.4. The molecule has 1 rings (SSSR count). The van der Waals surface area contributed by atoms with Gasteiger partial charge >= 0.3 is 11.4 Å². The van der Waals surface area contributed by atoms with Crippen LogP contribution in [-0.2, 0) is 11.4 Å². The Kier molecular flexibility index (Phi) is 6.53. The van der Waals surface area contributed by atoms with Gasteiger partial charge < -0.3 is 9.45 Å². The zero-order valence-corrected chi connectivity index (χ0v) is 13.2. The van der Waals surface area contributed by atoms with Crippen molar-refractivity contribution in [3.63, 3.8) is 0 Å². The third-order valence-corrected chi connectivity index (χ3v) is 3.67. The maximum atomic E-state index is 11.4. The van der Waals surface area contributed by atoms with Crippen molar-refractivity contribution in [2.45, 2.75) is 31.6 Å². The Morgan fingerprint density at radius 1 is 1.09 bits per heavy atom. The first kappa shape index (κ1) is 18.1. The van der Waals surface area contributed by atoms with Crippen molar-refractivity contribution < 1.29 is 14.4 Å². The van der Waals surface area contributed by atoms with Gasteiger partial charge in [-0.05, 0) is 12.8 Å². The van der Waals surface area contributed by atoms with Gasteiger partial charge in [-0.1, -0.05) is 13.8 Å². The summed E-state index contributed by atoms with van der Waals surface area (Å²) >= 11 is -2.04. The van der Waals surface area contributed by atoms with Crippen LogP contribution in [0.1, 0.15) is 26.7 Å². The lowest BCUT2D eigenvalue weighted by atomic mass is 10.2. The fraction of sp³-hybridized carbons (Fsp3) is 0.500. The van der Waals surface area contributed by atoms with E-state index >= 15 is 0 Å². The topological polar surface area (TPSA) is 139 Å². The van der Waals surface area contributed by atoms with Crippen molar-refractivity contribution in [1.29, 1.82) is 0 Å². The second-order valence-electron chi connectivity index (χ2n) is 4.61. The fourth-order valence-electron chi connectivity index (χ4n) is 2.17. The molecule has 0 aromatic heterocycles. The number of nitro benzene ring substituents is 2. The predicted octanol–water partition coefficient (Wildman–Crippen LogP) is 2.11. The molecule has 10 heteroatoms. The Labute approximate surface area is 130 Å². The van der Waals surface area contributed by atoms with E-state index < -0.39 is 32.6 Å². The Morgan fingerprint density at radius 2 is 1.50 bits per heavy atom. The summed E-state index contributed by atoms with van der Waals surface area (Å²) in [5, 5.41) is 27.8. The number of hydrogen-bond acceptors (Lipinski definition) is 7. The molecule has 0 spiro atoms. The minimum atomic E-state index is -2.04. The summed E-state index contributed by atoms with van der Waals surface area (Å²) in [6.45, 7) is 4.65. The molecule has 122 valence electrons. The minimum absolute atomic E-state index is 0.0621. The number of anilines is 1. The Bertz CT molecular complexity index is 525. The molecule has 0 saturated carbocycles. The molecular formula is C12H18N4O5S. The van der Waals surface area contributed by atoms with Crippen LogP contribution in [0.15, 0.2) is 17.0 Å². The van der Waals surface area contributed by atoms with Gasteiger partial charge in [-0.15, -0.1) is 5.14 Å². The molecule has 0 fully saturated rings. The van der Waals surface area contributed by atoms with Gasteiger partial charge in [0.15, 0.2) is 10.6 Å². The third-order valence-electron chi connectivity index (χ3n) is 2.97. The Hall–Kier alpha value is -1.91. The lowest BCUT2D eigenvalue weighted by Gasteiger charge is -2.23. The highest BCUT2D eigenvalue weighted by Crippen LogP contribution is 2.39. The number of nitrogens with two attached hydrogens (primary N) is 1. The molecule has 0 amide bonds. The van der Waals surface area contributed by atoms with Crippen molar-refractivity contribution in [3.05, 3.63) is 32.4 Å². The Balaban J connectivity index is 3.62.